The van der Waals surface area contributed by atoms with Crippen LogP contribution in [-0.2, 0) is 16.1 Å². The molecule has 1 amide bonds. The van der Waals surface area contributed by atoms with Crippen LogP contribution in [0, 0.1) is 0 Å². The van der Waals surface area contributed by atoms with Crippen LogP contribution in [0.5, 0.6) is 5.75 Å². The molecule has 0 spiro atoms. The van der Waals surface area contributed by atoms with Gasteiger partial charge in [0.25, 0.3) is 0 Å². The number of fused-ring (bicyclic) bond motifs is 1. The van der Waals surface area contributed by atoms with Gasteiger partial charge in [-0.2, -0.15) is 0 Å². The lowest BCUT2D eigenvalue weighted by molar-refractivity contribution is -0.137. The number of methoxy groups -OCH3 is 1. The van der Waals surface area contributed by atoms with Gasteiger partial charge >= 0.3 is 5.97 Å². The average Bonchev–Trinajstić information content (AvgIpc) is 2.86. The maximum Gasteiger partial charge on any atom is 0.322 e. The van der Waals surface area contributed by atoms with E-state index in [9.17, 15) is 9.59 Å². The average molecular weight is 276 g/mol. The number of hydrogen-bond acceptors (Lipinski definition) is 3. The van der Waals surface area contributed by atoms with Crippen LogP contribution >= 0.6 is 0 Å². The summed E-state index contributed by atoms with van der Waals surface area (Å²) in [6.45, 7) is 0.115. The third kappa shape index (κ3) is 3.09. The number of aliphatic carboxylic acids is 1. The minimum atomic E-state index is -1.05. The third-order valence-corrected chi connectivity index (χ3v) is 2.99. The van der Waals surface area contributed by atoms with Crippen LogP contribution in [-0.4, -0.2) is 35.2 Å². The molecule has 0 aliphatic carbocycles. The maximum atomic E-state index is 11.5. The second kappa shape index (κ2) is 6.10. The van der Waals surface area contributed by atoms with Crippen LogP contribution in [0.25, 0.3) is 10.9 Å². The Bertz CT molecular complexity index is 633. The molecular formula is C14H16N2O4. The number of rotatable bonds is 6. The molecule has 2 rings (SSSR count). The highest BCUT2D eigenvalue weighted by molar-refractivity contribution is 5.86. The van der Waals surface area contributed by atoms with Crippen molar-refractivity contribution in [1.29, 1.82) is 0 Å². The molecule has 0 unspecified atom stereocenters. The first-order valence-electron chi connectivity index (χ1n) is 6.22. The van der Waals surface area contributed by atoms with Gasteiger partial charge in [-0.05, 0) is 12.1 Å². The Morgan fingerprint density at radius 3 is 2.85 bits per heavy atom. The highest BCUT2D eigenvalue weighted by Crippen LogP contribution is 2.26. The van der Waals surface area contributed by atoms with Gasteiger partial charge in [-0.1, -0.05) is 12.1 Å². The van der Waals surface area contributed by atoms with Crippen molar-refractivity contribution in [3.8, 4) is 5.75 Å². The molecule has 6 nitrogen and oxygen atoms in total. The second-order valence-corrected chi connectivity index (χ2v) is 4.33. The Hall–Kier alpha value is -2.50. The molecule has 0 saturated carbocycles. The van der Waals surface area contributed by atoms with E-state index in [1.54, 1.807) is 7.11 Å². The van der Waals surface area contributed by atoms with Crippen molar-refractivity contribution >= 4 is 22.8 Å². The monoisotopic (exact) mass is 276 g/mol. The summed E-state index contributed by atoms with van der Waals surface area (Å²) < 4.78 is 7.24. The normalized spacial score (nSPS) is 10.4. The fourth-order valence-electron chi connectivity index (χ4n) is 2.06. The van der Waals surface area contributed by atoms with Gasteiger partial charge in [-0.25, -0.2) is 0 Å². The number of carbonyl (C=O) groups excluding carboxylic acids is 1. The minimum absolute atomic E-state index is 0.217. The largest absolute Gasteiger partial charge is 0.495 e. The summed E-state index contributed by atoms with van der Waals surface area (Å²) in [6.07, 6.45) is 2.10. The number of benzene rings is 1. The van der Waals surface area contributed by atoms with E-state index in [1.807, 2.05) is 35.0 Å². The molecule has 2 N–H and O–H groups in total. The third-order valence-electron chi connectivity index (χ3n) is 2.99. The quantitative estimate of drug-likeness (QED) is 0.832. The topological polar surface area (TPSA) is 80.6 Å². The van der Waals surface area contributed by atoms with Crippen molar-refractivity contribution in [3.63, 3.8) is 0 Å². The van der Waals surface area contributed by atoms with Gasteiger partial charge in [0.2, 0.25) is 5.91 Å². The molecule has 0 atom stereocenters. The van der Waals surface area contributed by atoms with Crippen molar-refractivity contribution in [2.45, 2.75) is 13.0 Å². The van der Waals surface area contributed by atoms with E-state index in [-0.39, 0.29) is 18.9 Å². The number of hydrogen-bond donors (Lipinski definition) is 2. The van der Waals surface area contributed by atoms with E-state index in [2.05, 4.69) is 5.32 Å². The van der Waals surface area contributed by atoms with E-state index in [0.717, 1.165) is 16.7 Å². The summed E-state index contributed by atoms with van der Waals surface area (Å²) >= 11 is 0. The number of nitrogens with one attached hydrogen (secondary N) is 1. The van der Waals surface area contributed by atoms with Crippen LogP contribution < -0.4 is 10.1 Å². The zero-order chi connectivity index (χ0) is 14.5. The summed E-state index contributed by atoms with van der Waals surface area (Å²) in [6, 6.07) is 7.69. The molecule has 1 heterocycles. The predicted octanol–water partition coefficient (Wildman–Crippen LogP) is 1.24. The van der Waals surface area contributed by atoms with Crippen molar-refractivity contribution in [1.82, 2.24) is 9.88 Å². The Kier molecular flexibility index (Phi) is 4.24. The fraction of sp³-hybridized carbons (Fsp3) is 0.286. The van der Waals surface area contributed by atoms with E-state index in [1.165, 1.54) is 0 Å². The van der Waals surface area contributed by atoms with Gasteiger partial charge < -0.3 is 19.7 Å². The van der Waals surface area contributed by atoms with Gasteiger partial charge in [0.1, 0.15) is 12.3 Å². The Labute approximate surface area is 116 Å². The zero-order valence-corrected chi connectivity index (χ0v) is 11.1. The van der Waals surface area contributed by atoms with E-state index in [4.69, 9.17) is 9.84 Å². The first-order valence-corrected chi connectivity index (χ1v) is 6.22. The summed E-state index contributed by atoms with van der Waals surface area (Å²) in [5.41, 5.74) is 0.932. The molecule has 2 aromatic rings. The highest BCUT2D eigenvalue weighted by Gasteiger charge is 2.09. The number of amides is 1. The number of nitrogens with zero attached hydrogens (tertiary/aromatic N) is 1. The van der Waals surface area contributed by atoms with Crippen LogP contribution in [0.1, 0.15) is 6.42 Å². The molecule has 6 heteroatoms. The SMILES string of the molecule is COc1cccc2ccn(CCC(=O)NCC(=O)O)c12. The Balaban J connectivity index is 2.07. The predicted molar refractivity (Wildman–Crippen MR) is 73.8 cm³/mol. The lowest BCUT2D eigenvalue weighted by Gasteiger charge is -2.09. The molecule has 0 bridgehead atoms. The molecular weight excluding hydrogens is 260 g/mol. The number of carboxylic acids is 1. The molecule has 106 valence electrons. The van der Waals surface area contributed by atoms with Gasteiger partial charge in [0, 0.05) is 24.5 Å². The molecule has 0 fully saturated rings. The van der Waals surface area contributed by atoms with Crippen LogP contribution in [0.4, 0.5) is 0 Å². The van der Waals surface area contributed by atoms with E-state index < -0.39 is 5.97 Å². The summed E-state index contributed by atoms with van der Waals surface area (Å²) in [5, 5.41) is 11.9. The van der Waals surface area contributed by atoms with Gasteiger partial charge in [-0.15, -0.1) is 0 Å². The number of carboxylic acid groups (broad SMARTS) is 1. The molecule has 0 radical (unpaired) electrons. The second-order valence-electron chi connectivity index (χ2n) is 4.33. The molecule has 0 saturated heterocycles. The lowest BCUT2D eigenvalue weighted by Crippen LogP contribution is -2.29. The minimum Gasteiger partial charge on any atom is -0.495 e. The Morgan fingerprint density at radius 1 is 1.35 bits per heavy atom. The van der Waals surface area contributed by atoms with Crippen molar-refractivity contribution in [3.05, 3.63) is 30.5 Å². The number of aromatic nitrogens is 1. The first-order chi connectivity index (χ1) is 9.61. The van der Waals surface area contributed by atoms with Crippen molar-refractivity contribution in [2.75, 3.05) is 13.7 Å². The summed E-state index contributed by atoms with van der Waals surface area (Å²) in [4.78, 5) is 21.9. The number of para-hydroxylation sites is 1. The maximum absolute atomic E-state index is 11.5. The lowest BCUT2D eigenvalue weighted by atomic mass is 10.2. The zero-order valence-electron chi connectivity index (χ0n) is 11.1. The fourth-order valence-corrected chi connectivity index (χ4v) is 2.06. The highest BCUT2D eigenvalue weighted by atomic mass is 16.5. The molecule has 1 aromatic heterocycles. The molecule has 20 heavy (non-hydrogen) atoms. The number of carbonyl (C=O) groups is 2. The van der Waals surface area contributed by atoms with Crippen LogP contribution in [0.2, 0.25) is 0 Å². The number of ether oxygens (including phenoxy) is 1. The molecule has 1 aromatic carbocycles. The molecule has 0 aliphatic heterocycles. The van der Waals surface area contributed by atoms with Crippen molar-refractivity contribution in [2.24, 2.45) is 0 Å². The van der Waals surface area contributed by atoms with Gasteiger partial charge in [0.15, 0.2) is 0 Å². The van der Waals surface area contributed by atoms with E-state index >= 15 is 0 Å². The van der Waals surface area contributed by atoms with Crippen LogP contribution in [0.3, 0.4) is 0 Å². The smallest absolute Gasteiger partial charge is 0.322 e. The molecule has 0 aliphatic rings. The van der Waals surface area contributed by atoms with Gasteiger partial charge in [0.05, 0.1) is 12.6 Å². The summed E-state index contributed by atoms with van der Waals surface area (Å²) in [7, 11) is 1.60. The Morgan fingerprint density at radius 2 is 2.15 bits per heavy atom. The van der Waals surface area contributed by atoms with Gasteiger partial charge in [-0.3, -0.25) is 9.59 Å². The van der Waals surface area contributed by atoms with E-state index in [0.29, 0.717) is 6.54 Å². The van der Waals surface area contributed by atoms with Crippen molar-refractivity contribution < 1.29 is 19.4 Å². The first kappa shape index (κ1) is 13.9. The number of aryl methyl sites for hydroxylation is 1. The summed E-state index contributed by atoms with van der Waals surface area (Å²) in [5.74, 6) is -0.589. The standard InChI is InChI=1S/C14H16N2O4/c1-20-11-4-2-3-10-5-7-16(14(10)11)8-6-12(17)15-9-13(18)19/h2-5,7H,6,8-9H2,1H3,(H,15,17)(H,18,19). The van der Waals surface area contributed by atoms with Crippen LogP contribution in [0.15, 0.2) is 30.5 Å².